The van der Waals surface area contributed by atoms with Crippen LogP contribution in [0, 0.1) is 5.92 Å². The quantitative estimate of drug-likeness (QED) is 0.262. The molecule has 0 radical (unpaired) electrons. The highest BCUT2D eigenvalue weighted by Gasteiger charge is 2.34. The van der Waals surface area contributed by atoms with E-state index in [-0.39, 0.29) is 39.0 Å². The zero-order chi connectivity index (χ0) is 30.2. The molecule has 0 spiro atoms. The Balaban J connectivity index is 2.09. The Morgan fingerprint density at radius 2 is 1.66 bits per heavy atom. The normalized spacial score (nSPS) is 12.1. The van der Waals surface area contributed by atoms with Gasteiger partial charge in [-0.15, -0.1) is 0 Å². The largest absolute Gasteiger partial charge is 0.497 e. The summed E-state index contributed by atoms with van der Waals surface area (Å²) in [4.78, 5) is 28.8. The minimum absolute atomic E-state index is 0.0115. The fourth-order valence-corrected chi connectivity index (χ4v) is 6.12. The summed E-state index contributed by atoms with van der Waals surface area (Å²) in [5, 5.41) is 3.03. The summed E-state index contributed by atoms with van der Waals surface area (Å²) in [6.45, 7) is 5.62. The van der Waals surface area contributed by atoms with Crippen molar-refractivity contribution in [3.8, 4) is 5.75 Å². The van der Waals surface area contributed by atoms with E-state index in [0.717, 1.165) is 4.31 Å². The Hall–Kier alpha value is -3.27. The number of halogens is 2. The van der Waals surface area contributed by atoms with Crippen LogP contribution in [0.5, 0.6) is 5.75 Å². The van der Waals surface area contributed by atoms with Gasteiger partial charge in [-0.2, -0.15) is 0 Å². The molecule has 0 saturated carbocycles. The summed E-state index contributed by atoms with van der Waals surface area (Å²) in [5.74, 6) is -0.118. The maximum absolute atomic E-state index is 14.1. The third-order valence-electron chi connectivity index (χ3n) is 6.37. The van der Waals surface area contributed by atoms with Gasteiger partial charge in [-0.25, -0.2) is 8.42 Å². The highest BCUT2D eigenvalue weighted by Crippen LogP contribution is 2.35. The molecule has 11 heteroatoms. The number of ether oxygens (including phenoxy) is 1. The molecular weight excluding hydrogens is 585 g/mol. The SMILES string of the molecule is CC[C@@H](C(=O)NCC(C)C)N(Cc1cccc(OC)c1)C(=O)CN(c1cccc(Cl)c1Cl)S(=O)(=O)c1ccccc1. The topological polar surface area (TPSA) is 96.0 Å². The zero-order valence-electron chi connectivity index (χ0n) is 23.5. The van der Waals surface area contributed by atoms with Crippen LogP contribution in [0.25, 0.3) is 0 Å². The third kappa shape index (κ3) is 8.15. The molecule has 8 nitrogen and oxygen atoms in total. The highest BCUT2D eigenvalue weighted by molar-refractivity contribution is 7.92. The first kappa shape index (κ1) is 32.2. The number of rotatable bonds is 13. The van der Waals surface area contributed by atoms with Crippen molar-refractivity contribution in [1.29, 1.82) is 0 Å². The van der Waals surface area contributed by atoms with Gasteiger partial charge in [-0.05, 0) is 54.3 Å². The molecule has 1 N–H and O–H groups in total. The van der Waals surface area contributed by atoms with Crippen LogP contribution in [0.4, 0.5) is 5.69 Å². The van der Waals surface area contributed by atoms with Crippen molar-refractivity contribution in [2.75, 3.05) is 24.5 Å². The monoisotopic (exact) mass is 619 g/mol. The molecule has 0 saturated heterocycles. The van der Waals surface area contributed by atoms with Gasteiger partial charge in [0.2, 0.25) is 11.8 Å². The molecule has 3 aromatic rings. The van der Waals surface area contributed by atoms with Gasteiger partial charge in [0.25, 0.3) is 10.0 Å². The van der Waals surface area contributed by atoms with Crippen LogP contribution in [0.1, 0.15) is 32.8 Å². The molecule has 0 aromatic heterocycles. The van der Waals surface area contributed by atoms with Crippen molar-refractivity contribution < 1.29 is 22.7 Å². The average molecular weight is 621 g/mol. The van der Waals surface area contributed by atoms with Gasteiger partial charge in [0.15, 0.2) is 0 Å². The molecule has 0 bridgehead atoms. The van der Waals surface area contributed by atoms with E-state index in [1.165, 1.54) is 36.3 Å². The van der Waals surface area contributed by atoms with Crippen LogP contribution in [-0.4, -0.2) is 51.4 Å². The number of carbonyl (C=O) groups excluding carboxylic acids is 2. The Labute approximate surface area is 252 Å². The van der Waals surface area contributed by atoms with Gasteiger partial charge in [0.1, 0.15) is 18.3 Å². The van der Waals surface area contributed by atoms with E-state index < -0.39 is 28.5 Å². The predicted molar refractivity (Wildman–Crippen MR) is 163 cm³/mol. The van der Waals surface area contributed by atoms with E-state index in [0.29, 0.717) is 24.3 Å². The van der Waals surface area contributed by atoms with Gasteiger partial charge in [0.05, 0.1) is 27.7 Å². The predicted octanol–water partition coefficient (Wildman–Crippen LogP) is 5.78. The first-order chi connectivity index (χ1) is 19.5. The molecule has 3 rings (SSSR count). The van der Waals surface area contributed by atoms with Crippen molar-refractivity contribution in [2.24, 2.45) is 5.92 Å². The van der Waals surface area contributed by atoms with Crippen LogP contribution in [0.15, 0.2) is 77.7 Å². The molecule has 3 aromatic carbocycles. The second-order valence-corrected chi connectivity index (χ2v) is 12.5. The molecular formula is C30H35Cl2N3O5S. The number of anilines is 1. The molecule has 0 aliphatic carbocycles. The van der Waals surface area contributed by atoms with Crippen LogP contribution < -0.4 is 14.4 Å². The fourth-order valence-electron chi connectivity index (χ4n) is 4.23. The number of hydrogen-bond donors (Lipinski definition) is 1. The molecule has 0 aliphatic heterocycles. The minimum Gasteiger partial charge on any atom is -0.497 e. The lowest BCUT2D eigenvalue weighted by Gasteiger charge is -2.33. The number of nitrogens with zero attached hydrogens (tertiary/aromatic N) is 2. The number of nitrogens with one attached hydrogen (secondary N) is 1. The Bertz CT molecular complexity index is 1450. The van der Waals surface area contributed by atoms with Crippen LogP contribution in [-0.2, 0) is 26.2 Å². The summed E-state index contributed by atoms with van der Waals surface area (Å²) in [7, 11) is -2.72. The van der Waals surface area contributed by atoms with E-state index in [1.54, 1.807) is 49.4 Å². The molecule has 0 heterocycles. The molecule has 0 unspecified atom stereocenters. The summed E-state index contributed by atoms with van der Waals surface area (Å²) in [6.07, 6.45) is 0.309. The van der Waals surface area contributed by atoms with E-state index in [4.69, 9.17) is 27.9 Å². The molecule has 1 atom stereocenters. The number of sulfonamides is 1. The Morgan fingerprint density at radius 3 is 2.29 bits per heavy atom. The van der Waals surface area contributed by atoms with Crippen molar-refractivity contribution in [1.82, 2.24) is 10.2 Å². The lowest BCUT2D eigenvalue weighted by Crippen LogP contribution is -2.52. The third-order valence-corrected chi connectivity index (χ3v) is 8.95. The van der Waals surface area contributed by atoms with Crippen LogP contribution in [0.2, 0.25) is 10.0 Å². The van der Waals surface area contributed by atoms with Crippen LogP contribution >= 0.6 is 23.2 Å². The van der Waals surface area contributed by atoms with E-state index in [1.807, 2.05) is 19.9 Å². The first-order valence-corrected chi connectivity index (χ1v) is 15.4. The van der Waals surface area contributed by atoms with Crippen molar-refractivity contribution in [3.63, 3.8) is 0 Å². The fraction of sp³-hybridized carbons (Fsp3) is 0.333. The maximum Gasteiger partial charge on any atom is 0.264 e. The Kier molecular flexibility index (Phi) is 11.5. The summed E-state index contributed by atoms with van der Waals surface area (Å²) in [6, 6.07) is 18.6. The molecule has 0 fully saturated rings. The number of benzene rings is 3. The number of hydrogen-bond acceptors (Lipinski definition) is 5. The van der Waals surface area contributed by atoms with Gasteiger partial charge < -0.3 is 15.0 Å². The summed E-state index contributed by atoms with van der Waals surface area (Å²) < 4.78 is 34.1. The van der Waals surface area contributed by atoms with Gasteiger partial charge in [-0.3, -0.25) is 13.9 Å². The number of methoxy groups -OCH3 is 1. The second-order valence-electron chi connectivity index (χ2n) is 9.83. The zero-order valence-corrected chi connectivity index (χ0v) is 25.8. The average Bonchev–Trinajstić information content (AvgIpc) is 2.96. The number of amides is 2. The molecule has 0 aliphatic rings. The standard InChI is InChI=1S/C30H35Cl2N3O5S/c1-5-26(30(37)33-18-21(2)3)34(19-22-11-9-12-23(17-22)40-4)28(36)20-35(27-16-10-15-25(31)29(27)32)41(38,39)24-13-7-6-8-14-24/h6-17,21,26H,5,18-20H2,1-4H3,(H,33,37)/t26-/m0/s1. The molecule has 220 valence electrons. The lowest BCUT2D eigenvalue weighted by molar-refractivity contribution is -0.140. The summed E-state index contributed by atoms with van der Waals surface area (Å²) in [5.41, 5.74) is 0.765. The smallest absolute Gasteiger partial charge is 0.264 e. The van der Waals surface area contributed by atoms with Crippen molar-refractivity contribution in [2.45, 2.75) is 44.7 Å². The van der Waals surface area contributed by atoms with E-state index in [2.05, 4.69) is 5.32 Å². The van der Waals surface area contributed by atoms with Gasteiger partial charge in [-0.1, -0.05) is 80.4 Å². The van der Waals surface area contributed by atoms with Crippen molar-refractivity contribution in [3.05, 3.63) is 88.4 Å². The maximum atomic E-state index is 14.1. The highest BCUT2D eigenvalue weighted by atomic mass is 35.5. The van der Waals surface area contributed by atoms with Gasteiger partial charge in [0, 0.05) is 13.1 Å². The number of carbonyl (C=O) groups is 2. The van der Waals surface area contributed by atoms with Crippen molar-refractivity contribution >= 4 is 50.7 Å². The first-order valence-electron chi connectivity index (χ1n) is 13.2. The summed E-state index contributed by atoms with van der Waals surface area (Å²) >= 11 is 12.7. The minimum atomic E-state index is -4.26. The lowest BCUT2D eigenvalue weighted by atomic mass is 10.1. The Morgan fingerprint density at radius 1 is 0.976 bits per heavy atom. The second kappa shape index (κ2) is 14.6. The molecule has 2 amide bonds. The molecule has 41 heavy (non-hydrogen) atoms. The van der Waals surface area contributed by atoms with Gasteiger partial charge >= 0.3 is 0 Å². The van der Waals surface area contributed by atoms with Crippen LogP contribution in [0.3, 0.4) is 0 Å². The van der Waals surface area contributed by atoms with E-state index >= 15 is 0 Å². The van der Waals surface area contributed by atoms with E-state index in [9.17, 15) is 18.0 Å².